The first kappa shape index (κ1) is 13.8. The maximum absolute atomic E-state index is 12.4. The van der Waals surface area contributed by atoms with Crippen LogP contribution in [0.2, 0.25) is 0 Å². The normalized spacial score (nSPS) is 27.8. The third-order valence-corrected chi connectivity index (χ3v) is 3.88. The minimum Gasteiger partial charge on any atom is -0.306 e. The van der Waals surface area contributed by atoms with Gasteiger partial charge in [0.1, 0.15) is 0 Å². The zero-order valence-electron chi connectivity index (χ0n) is 11.7. The van der Waals surface area contributed by atoms with Gasteiger partial charge in [0.15, 0.2) is 0 Å². The van der Waals surface area contributed by atoms with Crippen LogP contribution in [0.25, 0.3) is 0 Å². The SMILES string of the molecule is CCCNC1CCCN(N2CCN(C)CC2)C1=O. The molecule has 0 aromatic heterocycles. The molecule has 0 bridgehead atoms. The van der Waals surface area contributed by atoms with Gasteiger partial charge in [-0.3, -0.25) is 9.80 Å². The third-order valence-electron chi connectivity index (χ3n) is 3.88. The Bertz CT molecular complexity index is 276. The zero-order chi connectivity index (χ0) is 13.0. The molecule has 18 heavy (non-hydrogen) atoms. The van der Waals surface area contributed by atoms with Crippen molar-refractivity contribution in [2.75, 3.05) is 46.3 Å². The minimum absolute atomic E-state index is 0.0401. The number of rotatable bonds is 4. The van der Waals surface area contributed by atoms with E-state index in [9.17, 15) is 4.79 Å². The number of hydrazine groups is 1. The molecule has 1 amide bonds. The molecule has 5 heteroatoms. The molecule has 2 heterocycles. The van der Waals surface area contributed by atoms with Crippen LogP contribution in [0.5, 0.6) is 0 Å². The number of amides is 1. The van der Waals surface area contributed by atoms with Crippen LogP contribution in [-0.4, -0.2) is 73.2 Å². The lowest BCUT2D eigenvalue weighted by molar-refractivity contribution is -0.158. The Hall–Kier alpha value is -0.650. The highest BCUT2D eigenvalue weighted by Gasteiger charge is 2.32. The molecule has 0 aromatic carbocycles. The molecule has 1 N–H and O–H groups in total. The highest BCUT2D eigenvalue weighted by molar-refractivity contribution is 5.82. The summed E-state index contributed by atoms with van der Waals surface area (Å²) in [7, 11) is 2.14. The number of piperazine rings is 1. The summed E-state index contributed by atoms with van der Waals surface area (Å²) in [5.41, 5.74) is 0. The second-order valence-corrected chi connectivity index (χ2v) is 5.37. The van der Waals surface area contributed by atoms with E-state index in [1.54, 1.807) is 0 Å². The summed E-state index contributed by atoms with van der Waals surface area (Å²) in [5, 5.41) is 7.60. The molecule has 2 aliphatic heterocycles. The number of carbonyl (C=O) groups excluding carboxylic acids is 1. The Labute approximate surface area is 110 Å². The predicted molar refractivity (Wildman–Crippen MR) is 72.1 cm³/mol. The summed E-state index contributed by atoms with van der Waals surface area (Å²) in [4.78, 5) is 14.7. The second-order valence-electron chi connectivity index (χ2n) is 5.37. The van der Waals surface area contributed by atoms with Gasteiger partial charge in [0.25, 0.3) is 5.91 Å². The Kier molecular flexibility index (Phi) is 4.97. The molecule has 5 nitrogen and oxygen atoms in total. The maximum Gasteiger partial charge on any atom is 0.253 e. The van der Waals surface area contributed by atoms with Crippen LogP contribution in [0, 0.1) is 0 Å². The number of nitrogens with zero attached hydrogens (tertiary/aromatic N) is 3. The lowest BCUT2D eigenvalue weighted by Crippen LogP contribution is -2.60. The number of nitrogens with one attached hydrogen (secondary N) is 1. The van der Waals surface area contributed by atoms with Gasteiger partial charge in [-0.15, -0.1) is 0 Å². The van der Waals surface area contributed by atoms with Crippen molar-refractivity contribution in [3.63, 3.8) is 0 Å². The number of carbonyl (C=O) groups is 1. The van der Waals surface area contributed by atoms with Crippen molar-refractivity contribution >= 4 is 5.91 Å². The first-order chi connectivity index (χ1) is 8.72. The highest BCUT2D eigenvalue weighted by atomic mass is 16.2. The lowest BCUT2D eigenvalue weighted by Gasteiger charge is -2.43. The average molecular weight is 254 g/mol. The molecule has 0 aliphatic carbocycles. The van der Waals surface area contributed by atoms with Crippen molar-refractivity contribution in [2.45, 2.75) is 32.2 Å². The Morgan fingerprint density at radius 1 is 1.22 bits per heavy atom. The van der Waals surface area contributed by atoms with Crippen molar-refractivity contribution < 1.29 is 4.79 Å². The van der Waals surface area contributed by atoms with Crippen LogP contribution < -0.4 is 5.32 Å². The summed E-state index contributed by atoms with van der Waals surface area (Å²) in [6.45, 7) is 8.03. The largest absolute Gasteiger partial charge is 0.306 e. The molecule has 1 unspecified atom stereocenters. The lowest BCUT2D eigenvalue weighted by atomic mass is 10.1. The van der Waals surface area contributed by atoms with E-state index < -0.39 is 0 Å². The van der Waals surface area contributed by atoms with Crippen molar-refractivity contribution in [3.8, 4) is 0 Å². The molecule has 2 fully saturated rings. The van der Waals surface area contributed by atoms with Crippen molar-refractivity contribution in [1.29, 1.82) is 0 Å². The monoisotopic (exact) mass is 254 g/mol. The van der Waals surface area contributed by atoms with E-state index in [2.05, 4.69) is 29.2 Å². The number of piperidine rings is 1. The van der Waals surface area contributed by atoms with Crippen LogP contribution in [0.1, 0.15) is 26.2 Å². The number of hydrogen-bond donors (Lipinski definition) is 1. The van der Waals surface area contributed by atoms with Crippen molar-refractivity contribution in [2.24, 2.45) is 0 Å². The minimum atomic E-state index is 0.0401. The number of likely N-dealkylation sites (N-methyl/N-ethyl adjacent to an activating group) is 1. The molecule has 104 valence electrons. The van der Waals surface area contributed by atoms with E-state index in [1.165, 1.54) is 0 Å². The molecular formula is C13H26N4O. The van der Waals surface area contributed by atoms with Gasteiger partial charge in [0.2, 0.25) is 0 Å². The summed E-state index contributed by atoms with van der Waals surface area (Å²) in [5.74, 6) is 0.277. The van der Waals surface area contributed by atoms with Gasteiger partial charge in [0.05, 0.1) is 6.04 Å². The van der Waals surface area contributed by atoms with Crippen molar-refractivity contribution in [1.82, 2.24) is 20.2 Å². The van der Waals surface area contributed by atoms with Gasteiger partial charge >= 0.3 is 0 Å². The van der Waals surface area contributed by atoms with E-state index in [0.717, 1.165) is 58.5 Å². The Balaban J connectivity index is 1.89. The van der Waals surface area contributed by atoms with Gasteiger partial charge in [-0.05, 0) is 32.9 Å². The first-order valence-corrected chi connectivity index (χ1v) is 7.20. The molecule has 2 saturated heterocycles. The molecule has 2 rings (SSSR count). The Morgan fingerprint density at radius 3 is 2.61 bits per heavy atom. The third kappa shape index (κ3) is 3.22. The van der Waals surface area contributed by atoms with Crippen LogP contribution in [0.15, 0.2) is 0 Å². The molecule has 0 aromatic rings. The molecular weight excluding hydrogens is 228 g/mol. The molecule has 2 aliphatic rings. The summed E-state index contributed by atoms with van der Waals surface area (Å²) >= 11 is 0. The molecule has 0 spiro atoms. The fraction of sp³-hybridized carbons (Fsp3) is 0.923. The summed E-state index contributed by atoms with van der Waals surface area (Å²) in [6, 6.07) is 0.0401. The predicted octanol–water partition coefficient (Wildman–Crippen LogP) is 0.139. The average Bonchev–Trinajstić information content (AvgIpc) is 2.39. The van der Waals surface area contributed by atoms with Gasteiger partial charge in [-0.25, -0.2) is 5.01 Å². The van der Waals surface area contributed by atoms with E-state index in [4.69, 9.17) is 0 Å². The second kappa shape index (κ2) is 6.50. The van der Waals surface area contributed by atoms with Gasteiger partial charge in [-0.2, -0.15) is 0 Å². The van der Waals surface area contributed by atoms with E-state index >= 15 is 0 Å². The zero-order valence-corrected chi connectivity index (χ0v) is 11.7. The molecule has 0 saturated carbocycles. The quantitative estimate of drug-likeness (QED) is 0.774. The smallest absolute Gasteiger partial charge is 0.253 e. The van der Waals surface area contributed by atoms with Crippen LogP contribution in [0.4, 0.5) is 0 Å². The summed E-state index contributed by atoms with van der Waals surface area (Å²) in [6.07, 6.45) is 3.18. The van der Waals surface area contributed by atoms with Crippen molar-refractivity contribution in [3.05, 3.63) is 0 Å². The van der Waals surface area contributed by atoms with Crippen LogP contribution >= 0.6 is 0 Å². The first-order valence-electron chi connectivity index (χ1n) is 7.20. The fourth-order valence-electron chi connectivity index (χ4n) is 2.68. The van der Waals surface area contributed by atoms with Crippen LogP contribution in [-0.2, 0) is 4.79 Å². The van der Waals surface area contributed by atoms with E-state index in [1.807, 2.05) is 5.01 Å². The molecule has 0 radical (unpaired) electrons. The van der Waals surface area contributed by atoms with Gasteiger partial charge in [-0.1, -0.05) is 6.92 Å². The van der Waals surface area contributed by atoms with Gasteiger partial charge in [0, 0.05) is 32.7 Å². The standard InChI is InChI=1S/C13H26N4O/c1-3-6-14-12-5-4-7-17(13(12)18)16-10-8-15(2)9-11-16/h12,14H,3-11H2,1-2H3. The summed E-state index contributed by atoms with van der Waals surface area (Å²) < 4.78 is 0. The van der Waals surface area contributed by atoms with Gasteiger partial charge < -0.3 is 10.2 Å². The van der Waals surface area contributed by atoms with E-state index in [-0.39, 0.29) is 11.9 Å². The highest BCUT2D eigenvalue weighted by Crippen LogP contribution is 2.15. The maximum atomic E-state index is 12.4. The fourth-order valence-corrected chi connectivity index (χ4v) is 2.68. The Morgan fingerprint density at radius 2 is 1.94 bits per heavy atom. The van der Waals surface area contributed by atoms with E-state index in [0.29, 0.717) is 0 Å². The topological polar surface area (TPSA) is 38.8 Å². The number of hydrogen-bond acceptors (Lipinski definition) is 4. The molecule has 1 atom stereocenters. The van der Waals surface area contributed by atoms with Crippen LogP contribution in [0.3, 0.4) is 0 Å².